The van der Waals surface area contributed by atoms with Gasteiger partial charge in [-0.2, -0.15) is 0 Å². The molecule has 6 nitrogen and oxygen atoms in total. The summed E-state index contributed by atoms with van der Waals surface area (Å²) in [4.78, 5) is 18.7. The van der Waals surface area contributed by atoms with Crippen LogP contribution in [0.15, 0.2) is 48.7 Å². The van der Waals surface area contributed by atoms with Crippen molar-refractivity contribution in [3.63, 3.8) is 0 Å². The summed E-state index contributed by atoms with van der Waals surface area (Å²) in [5.74, 6) is 0.00399. The maximum Gasteiger partial charge on any atom is 0.224 e. The molecule has 1 aromatic carbocycles. The van der Waals surface area contributed by atoms with Crippen LogP contribution in [0, 0.1) is 20.8 Å². The van der Waals surface area contributed by atoms with Gasteiger partial charge in [0.1, 0.15) is 0 Å². The number of carbonyl (C=O) groups is 1. The minimum atomic E-state index is -0.0794. The number of nitrogens with one attached hydrogen (secondary N) is 2. The van der Waals surface area contributed by atoms with E-state index >= 15 is 0 Å². The van der Waals surface area contributed by atoms with E-state index in [-0.39, 0.29) is 18.0 Å². The van der Waals surface area contributed by atoms with Crippen LogP contribution in [0.25, 0.3) is 0 Å². The van der Waals surface area contributed by atoms with E-state index in [1.165, 1.54) is 17.0 Å². The zero-order valence-corrected chi connectivity index (χ0v) is 20.7. The molecule has 2 aromatic heterocycles. The van der Waals surface area contributed by atoms with Crippen LogP contribution in [-0.2, 0) is 11.3 Å². The van der Waals surface area contributed by atoms with Crippen LogP contribution in [0.1, 0.15) is 60.6 Å². The minimum Gasteiger partial charge on any atom is -0.351 e. The zero-order chi connectivity index (χ0) is 23.7. The molecule has 1 amide bonds. The molecule has 2 atom stereocenters. The third-order valence-corrected chi connectivity index (χ3v) is 6.74. The lowest BCUT2D eigenvalue weighted by atomic mass is 9.96. The Morgan fingerprint density at radius 1 is 1.15 bits per heavy atom. The first kappa shape index (κ1) is 23.0. The molecule has 33 heavy (non-hydrogen) atoms. The highest BCUT2D eigenvalue weighted by Gasteiger charge is 2.42. The van der Waals surface area contributed by atoms with Gasteiger partial charge in [0.2, 0.25) is 5.91 Å². The molecular formula is C26H31N5OS. The van der Waals surface area contributed by atoms with Gasteiger partial charge < -0.3 is 20.1 Å². The summed E-state index contributed by atoms with van der Waals surface area (Å²) < 4.78 is 2.33. The number of pyridine rings is 1. The van der Waals surface area contributed by atoms with Gasteiger partial charge in [-0.15, -0.1) is 0 Å². The Labute approximate surface area is 201 Å². The van der Waals surface area contributed by atoms with Gasteiger partial charge in [-0.1, -0.05) is 13.0 Å². The van der Waals surface area contributed by atoms with E-state index < -0.39 is 0 Å². The molecule has 2 unspecified atom stereocenters. The minimum absolute atomic E-state index is 0.00399. The first-order chi connectivity index (χ1) is 15.8. The van der Waals surface area contributed by atoms with E-state index in [1.54, 1.807) is 0 Å². The molecule has 1 aliphatic heterocycles. The quantitative estimate of drug-likeness (QED) is 0.484. The standard InChI is InChI=1S/C26H31N5OS/c1-6-23(32)28-21-12-11-19(14-16(21)3)31-25(20-15-17(4)30(7-2)18(20)5)24(29-26(31)33)22-10-8-9-13-27-22/h8-15,24-25H,6-7H2,1-5H3,(H,28,32)(H,29,33). The van der Waals surface area contributed by atoms with Gasteiger partial charge in [0.25, 0.3) is 0 Å². The SMILES string of the molecule is CCC(=O)Nc1ccc(N2C(=S)NC(c3ccccn3)C2c2cc(C)n(CC)c2C)cc1C. The molecule has 1 aliphatic rings. The molecule has 0 aliphatic carbocycles. The van der Waals surface area contributed by atoms with Gasteiger partial charge in [0, 0.05) is 41.9 Å². The van der Waals surface area contributed by atoms with Crippen LogP contribution in [-0.4, -0.2) is 20.6 Å². The summed E-state index contributed by atoms with van der Waals surface area (Å²) >= 11 is 5.86. The molecule has 3 heterocycles. The molecule has 7 heteroatoms. The maximum atomic E-state index is 11.9. The molecule has 0 bridgehead atoms. The number of rotatable bonds is 6. The smallest absolute Gasteiger partial charge is 0.224 e. The summed E-state index contributed by atoms with van der Waals surface area (Å²) in [6.45, 7) is 11.3. The fraction of sp³-hybridized carbons (Fsp3) is 0.346. The number of amides is 1. The molecule has 4 rings (SSSR count). The number of aromatic nitrogens is 2. The molecule has 1 fully saturated rings. The van der Waals surface area contributed by atoms with Gasteiger partial charge in [0.05, 0.1) is 17.8 Å². The van der Waals surface area contributed by atoms with Gasteiger partial charge in [0.15, 0.2) is 5.11 Å². The summed E-state index contributed by atoms with van der Waals surface area (Å²) in [5, 5.41) is 7.18. The number of anilines is 2. The van der Waals surface area contributed by atoms with E-state index in [9.17, 15) is 4.79 Å². The highest BCUT2D eigenvalue weighted by Crippen LogP contribution is 2.43. The number of hydrogen-bond acceptors (Lipinski definition) is 3. The van der Waals surface area contributed by atoms with Gasteiger partial charge >= 0.3 is 0 Å². The lowest BCUT2D eigenvalue weighted by Crippen LogP contribution is -2.29. The maximum absolute atomic E-state index is 11.9. The van der Waals surface area contributed by atoms with Crippen molar-refractivity contribution in [2.24, 2.45) is 0 Å². The van der Waals surface area contributed by atoms with Crippen LogP contribution < -0.4 is 15.5 Å². The predicted octanol–water partition coefficient (Wildman–Crippen LogP) is 5.35. The Morgan fingerprint density at radius 2 is 1.94 bits per heavy atom. The number of thiocarbonyl (C=S) groups is 1. The summed E-state index contributed by atoms with van der Waals surface area (Å²) in [5.41, 5.74) is 7.47. The Balaban J connectivity index is 1.82. The van der Waals surface area contributed by atoms with Crippen LogP contribution in [0.5, 0.6) is 0 Å². The molecule has 2 N–H and O–H groups in total. The van der Waals surface area contributed by atoms with Crippen LogP contribution in [0.4, 0.5) is 11.4 Å². The third kappa shape index (κ3) is 4.25. The number of aryl methyl sites for hydroxylation is 2. The number of nitrogens with zero attached hydrogens (tertiary/aromatic N) is 3. The van der Waals surface area contributed by atoms with E-state index in [1.807, 2.05) is 50.4 Å². The topological polar surface area (TPSA) is 62.2 Å². The van der Waals surface area contributed by atoms with Crippen molar-refractivity contribution in [3.05, 3.63) is 76.9 Å². The van der Waals surface area contributed by atoms with Crippen LogP contribution in [0.3, 0.4) is 0 Å². The Bertz CT molecular complexity index is 1190. The van der Waals surface area contributed by atoms with Crippen molar-refractivity contribution < 1.29 is 4.79 Å². The highest BCUT2D eigenvalue weighted by atomic mass is 32.1. The summed E-state index contributed by atoms with van der Waals surface area (Å²) in [6.07, 6.45) is 2.27. The van der Waals surface area contributed by atoms with E-state index in [2.05, 4.69) is 58.0 Å². The summed E-state index contributed by atoms with van der Waals surface area (Å²) in [7, 11) is 0. The zero-order valence-electron chi connectivity index (χ0n) is 19.8. The second-order valence-electron chi connectivity index (χ2n) is 8.47. The van der Waals surface area contributed by atoms with Crippen molar-refractivity contribution >= 4 is 34.6 Å². The number of benzene rings is 1. The molecule has 0 radical (unpaired) electrons. The predicted molar refractivity (Wildman–Crippen MR) is 138 cm³/mol. The first-order valence-corrected chi connectivity index (χ1v) is 11.8. The first-order valence-electron chi connectivity index (χ1n) is 11.4. The van der Waals surface area contributed by atoms with Crippen molar-refractivity contribution in [1.29, 1.82) is 0 Å². The van der Waals surface area contributed by atoms with E-state index in [4.69, 9.17) is 12.2 Å². The van der Waals surface area contributed by atoms with Gasteiger partial charge in [-0.25, -0.2) is 0 Å². The Kier molecular flexibility index (Phi) is 6.51. The number of carbonyl (C=O) groups excluding carboxylic acids is 1. The van der Waals surface area contributed by atoms with Crippen LogP contribution >= 0.6 is 12.2 Å². The Hall–Kier alpha value is -3.19. The fourth-order valence-corrected chi connectivity index (χ4v) is 5.09. The van der Waals surface area contributed by atoms with E-state index in [0.717, 1.165) is 29.2 Å². The van der Waals surface area contributed by atoms with Crippen molar-refractivity contribution in [3.8, 4) is 0 Å². The van der Waals surface area contributed by atoms with E-state index in [0.29, 0.717) is 11.5 Å². The molecule has 1 saturated heterocycles. The monoisotopic (exact) mass is 461 g/mol. The average Bonchev–Trinajstić information content (AvgIpc) is 3.30. The second-order valence-corrected chi connectivity index (χ2v) is 8.85. The van der Waals surface area contributed by atoms with Crippen LogP contribution in [0.2, 0.25) is 0 Å². The molecule has 0 saturated carbocycles. The van der Waals surface area contributed by atoms with Crippen molar-refractivity contribution in [2.45, 2.75) is 59.7 Å². The molecule has 172 valence electrons. The lowest BCUT2D eigenvalue weighted by molar-refractivity contribution is -0.115. The molecule has 3 aromatic rings. The average molecular weight is 462 g/mol. The second kappa shape index (κ2) is 9.35. The summed E-state index contributed by atoms with van der Waals surface area (Å²) in [6, 6.07) is 14.2. The third-order valence-electron chi connectivity index (χ3n) is 6.43. The van der Waals surface area contributed by atoms with Gasteiger partial charge in [-0.05, 0) is 87.4 Å². The van der Waals surface area contributed by atoms with Crippen molar-refractivity contribution in [2.75, 3.05) is 10.2 Å². The van der Waals surface area contributed by atoms with Gasteiger partial charge in [-0.3, -0.25) is 9.78 Å². The molecular weight excluding hydrogens is 430 g/mol. The lowest BCUT2D eigenvalue weighted by Gasteiger charge is -2.29. The fourth-order valence-electron chi connectivity index (χ4n) is 4.74. The largest absolute Gasteiger partial charge is 0.351 e. The van der Waals surface area contributed by atoms with Crippen molar-refractivity contribution in [1.82, 2.24) is 14.9 Å². The molecule has 0 spiro atoms. The highest BCUT2D eigenvalue weighted by molar-refractivity contribution is 7.80. The number of hydrogen-bond donors (Lipinski definition) is 2. The Morgan fingerprint density at radius 3 is 2.55 bits per heavy atom. The normalized spacial score (nSPS) is 17.8.